The van der Waals surface area contributed by atoms with E-state index in [9.17, 15) is 17.6 Å². The lowest BCUT2D eigenvalue weighted by Crippen LogP contribution is -2.38. The fourth-order valence-corrected chi connectivity index (χ4v) is 1.15. The third-order valence-electron chi connectivity index (χ3n) is 2.52. The molecule has 0 saturated heterocycles. The van der Waals surface area contributed by atoms with Crippen molar-refractivity contribution >= 4 is 0 Å². The van der Waals surface area contributed by atoms with Crippen molar-refractivity contribution in [3.8, 4) is 0 Å². The van der Waals surface area contributed by atoms with Gasteiger partial charge in [0.2, 0.25) is 5.67 Å². The lowest BCUT2D eigenvalue weighted by molar-refractivity contribution is -0.225. The van der Waals surface area contributed by atoms with E-state index in [1.54, 1.807) is 20.2 Å². The average Bonchev–Trinajstić information content (AvgIpc) is 2.21. The summed E-state index contributed by atoms with van der Waals surface area (Å²) in [6, 6.07) is 0. The standard InChI is InChI=1S/C11H18F4N2/c1-5-6-9(17(4)16-3)7-8-10(2,12)11(13,14)15/h5-6,16H,1,7-8H2,2-4H3/b9-6-. The van der Waals surface area contributed by atoms with Gasteiger partial charge in [-0.3, -0.25) is 0 Å². The van der Waals surface area contributed by atoms with Crippen molar-refractivity contribution in [2.75, 3.05) is 14.1 Å². The smallest absolute Gasteiger partial charge is 0.316 e. The van der Waals surface area contributed by atoms with Crippen molar-refractivity contribution in [2.45, 2.75) is 31.6 Å². The Kier molecular flexibility index (Phi) is 5.68. The first kappa shape index (κ1) is 16.0. The van der Waals surface area contributed by atoms with E-state index in [0.717, 1.165) is 0 Å². The molecule has 0 aliphatic heterocycles. The van der Waals surface area contributed by atoms with Gasteiger partial charge in [-0.15, -0.1) is 0 Å². The number of nitrogens with zero attached hydrogens (tertiary/aromatic N) is 1. The number of rotatable bonds is 6. The molecule has 0 rings (SSSR count). The number of hydrazine groups is 1. The zero-order valence-corrected chi connectivity index (χ0v) is 10.2. The van der Waals surface area contributed by atoms with Gasteiger partial charge in [-0.1, -0.05) is 12.7 Å². The maximum absolute atomic E-state index is 13.3. The van der Waals surface area contributed by atoms with Crippen molar-refractivity contribution in [2.24, 2.45) is 0 Å². The van der Waals surface area contributed by atoms with Gasteiger partial charge < -0.3 is 5.01 Å². The van der Waals surface area contributed by atoms with Crippen LogP contribution in [-0.4, -0.2) is 30.9 Å². The first-order valence-electron chi connectivity index (χ1n) is 5.14. The van der Waals surface area contributed by atoms with Crippen LogP contribution in [0.3, 0.4) is 0 Å². The Morgan fingerprint density at radius 2 is 1.88 bits per heavy atom. The number of halogens is 4. The number of allylic oxidation sites excluding steroid dienone is 3. The number of hydrogen-bond acceptors (Lipinski definition) is 2. The summed E-state index contributed by atoms with van der Waals surface area (Å²) in [5, 5.41) is 1.52. The molecule has 0 fully saturated rings. The molecule has 1 N–H and O–H groups in total. The summed E-state index contributed by atoms with van der Waals surface area (Å²) in [7, 11) is 3.26. The molecule has 2 nitrogen and oxygen atoms in total. The van der Waals surface area contributed by atoms with Gasteiger partial charge in [0.15, 0.2) is 0 Å². The van der Waals surface area contributed by atoms with Gasteiger partial charge in [0, 0.05) is 19.8 Å². The largest absolute Gasteiger partial charge is 0.422 e. The Morgan fingerprint density at radius 3 is 2.24 bits per heavy atom. The second kappa shape index (κ2) is 6.05. The van der Waals surface area contributed by atoms with Crippen LogP contribution < -0.4 is 5.43 Å². The van der Waals surface area contributed by atoms with Gasteiger partial charge in [-0.2, -0.15) is 13.2 Å². The molecule has 6 heteroatoms. The maximum Gasteiger partial charge on any atom is 0.422 e. The highest BCUT2D eigenvalue weighted by Crippen LogP contribution is 2.37. The van der Waals surface area contributed by atoms with Gasteiger partial charge >= 0.3 is 6.18 Å². The summed E-state index contributed by atoms with van der Waals surface area (Å²) in [5.41, 5.74) is 0.0973. The summed E-state index contributed by atoms with van der Waals surface area (Å²) in [6.45, 7) is 4.02. The lowest BCUT2D eigenvalue weighted by atomic mass is 10.00. The Bertz CT molecular complexity index is 282. The van der Waals surface area contributed by atoms with E-state index in [0.29, 0.717) is 12.6 Å². The minimum atomic E-state index is -4.84. The quantitative estimate of drug-likeness (QED) is 0.445. The molecular weight excluding hydrogens is 236 g/mol. The van der Waals surface area contributed by atoms with Crippen molar-refractivity contribution in [1.82, 2.24) is 10.4 Å². The molecule has 17 heavy (non-hydrogen) atoms. The Balaban J connectivity index is 4.63. The first-order valence-corrected chi connectivity index (χ1v) is 5.14. The maximum atomic E-state index is 13.3. The molecule has 0 amide bonds. The van der Waals surface area contributed by atoms with Crippen molar-refractivity contribution in [3.63, 3.8) is 0 Å². The molecule has 0 heterocycles. The molecule has 0 radical (unpaired) electrons. The van der Waals surface area contributed by atoms with E-state index in [2.05, 4.69) is 12.0 Å². The molecule has 100 valence electrons. The highest BCUT2D eigenvalue weighted by atomic mass is 19.4. The summed E-state index contributed by atoms with van der Waals surface area (Å²) in [5.74, 6) is 0. The number of alkyl halides is 4. The lowest BCUT2D eigenvalue weighted by Gasteiger charge is -2.26. The Hall–Kier alpha value is -1.04. The second-order valence-corrected chi connectivity index (χ2v) is 3.87. The fraction of sp³-hybridized carbons (Fsp3) is 0.636. The number of hydrogen-bond donors (Lipinski definition) is 1. The van der Waals surface area contributed by atoms with Crippen LogP contribution in [0.15, 0.2) is 24.4 Å². The molecule has 1 atom stereocenters. The van der Waals surface area contributed by atoms with Gasteiger partial charge in [-0.05, 0) is 25.8 Å². The third kappa shape index (κ3) is 4.77. The molecule has 0 aliphatic rings. The van der Waals surface area contributed by atoms with E-state index < -0.39 is 18.3 Å². The van der Waals surface area contributed by atoms with Gasteiger partial charge in [-0.25, -0.2) is 9.82 Å². The second-order valence-electron chi connectivity index (χ2n) is 3.87. The van der Waals surface area contributed by atoms with Crippen LogP contribution in [0.1, 0.15) is 19.8 Å². The Morgan fingerprint density at radius 1 is 1.35 bits per heavy atom. The summed E-state index contributed by atoms with van der Waals surface area (Å²) < 4.78 is 50.3. The van der Waals surface area contributed by atoms with Crippen LogP contribution >= 0.6 is 0 Å². The fourth-order valence-electron chi connectivity index (χ4n) is 1.15. The van der Waals surface area contributed by atoms with E-state index in [1.165, 1.54) is 11.1 Å². The van der Waals surface area contributed by atoms with Crippen molar-refractivity contribution in [3.05, 3.63) is 24.4 Å². The average molecular weight is 254 g/mol. The van der Waals surface area contributed by atoms with Crippen LogP contribution in [-0.2, 0) is 0 Å². The molecule has 0 bridgehead atoms. The van der Waals surface area contributed by atoms with E-state index >= 15 is 0 Å². The summed E-state index contributed by atoms with van der Waals surface area (Å²) in [4.78, 5) is 0. The van der Waals surface area contributed by atoms with Gasteiger partial charge in [0.25, 0.3) is 0 Å². The normalized spacial score (nSPS) is 16.5. The SMILES string of the molecule is C=C/C=C(/CCC(C)(F)C(F)(F)F)N(C)NC. The molecule has 0 saturated carbocycles. The molecule has 1 unspecified atom stereocenters. The molecule has 0 spiro atoms. The highest BCUT2D eigenvalue weighted by Gasteiger charge is 2.51. The van der Waals surface area contributed by atoms with Crippen LogP contribution in [0.4, 0.5) is 17.6 Å². The topological polar surface area (TPSA) is 15.3 Å². The van der Waals surface area contributed by atoms with Crippen LogP contribution in [0, 0.1) is 0 Å². The van der Waals surface area contributed by atoms with Crippen LogP contribution in [0.2, 0.25) is 0 Å². The Labute approximate surface area is 99.0 Å². The molecular formula is C11H18F4N2. The minimum Gasteiger partial charge on any atom is -0.316 e. The van der Waals surface area contributed by atoms with E-state index in [1.807, 2.05) is 0 Å². The molecule has 0 aromatic heterocycles. The van der Waals surface area contributed by atoms with E-state index in [4.69, 9.17) is 0 Å². The predicted molar refractivity (Wildman–Crippen MR) is 59.9 cm³/mol. The molecule has 0 aromatic rings. The predicted octanol–water partition coefficient (Wildman–Crippen LogP) is 3.19. The summed E-state index contributed by atoms with van der Waals surface area (Å²) >= 11 is 0. The minimum absolute atomic E-state index is 0.0319. The number of nitrogens with one attached hydrogen (secondary N) is 1. The summed E-state index contributed by atoms with van der Waals surface area (Å²) in [6.07, 6.45) is -2.50. The van der Waals surface area contributed by atoms with Crippen molar-refractivity contribution in [1.29, 1.82) is 0 Å². The van der Waals surface area contributed by atoms with Crippen molar-refractivity contribution < 1.29 is 17.6 Å². The van der Waals surface area contributed by atoms with Crippen LogP contribution in [0.5, 0.6) is 0 Å². The molecule has 0 aromatic carbocycles. The van der Waals surface area contributed by atoms with Gasteiger partial charge in [0.05, 0.1) is 0 Å². The van der Waals surface area contributed by atoms with Gasteiger partial charge in [0.1, 0.15) is 0 Å². The first-order chi connectivity index (χ1) is 7.65. The van der Waals surface area contributed by atoms with E-state index in [-0.39, 0.29) is 6.42 Å². The highest BCUT2D eigenvalue weighted by molar-refractivity contribution is 5.09. The monoisotopic (exact) mass is 254 g/mol. The zero-order valence-electron chi connectivity index (χ0n) is 10.2. The van der Waals surface area contributed by atoms with Crippen LogP contribution in [0.25, 0.3) is 0 Å². The third-order valence-corrected chi connectivity index (χ3v) is 2.52. The zero-order chi connectivity index (χ0) is 13.7. The molecule has 0 aliphatic carbocycles.